The minimum absolute atomic E-state index is 0.00499. The molecule has 132 valence electrons. The number of rotatable bonds is 3. The lowest BCUT2D eigenvalue weighted by molar-refractivity contribution is 0.291. The number of hydrogen-bond donors (Lipinski definition) is 1. The molecule has 0 spiro atoms. The Kier molecular flexibility index (Phi) is 3.61. The molecule has 25 heavy (non-hydrogen) atoms. The third kappa shape index (κ3) is 3.14. The van der Waals surface area contributed by atoms with Gasteiger partial charge in [0, 0.05) is 23.1 Å². The summed E-state index contributed by atoms with van der Waals surface area (Å²) < 4.78 is 11.6. The number of nitrogens with one attached hydrogen (secondary N) is 1. The average Bonchev–Trinajstić information content (AvgIpc) is 3.08. The Balaban J connectivity index is 1.49. The number of aromatic nitrogens is 2. The molecule has 0 amide bonds. The molecule has 1 aromatic carbocycles. The minimum Gasteiger partial charge on any atom is -0.492 e. The van der Waals surface area contributed by atoms with Crippen LogP contribution in [0.4, 0.5) is 5.69 Å². The largest absolute Gasteiger partial charge is 0.492 e. The summed E-state index contributed by atoms with van der Waals surface area (Å²) >= 11 is 0. The van der Waals surface area contributed by atoms with Crippen molar-refractivity contribution in [2.24, 2.45) is 0 Å². The van der Waals surface area contributed by atoms with Crippen LogP contribution in [0, 0.1) is 0 Å². The van der Waals surface area contributed by atoms with Crippen LogP contribution in [-0.2, 0) is 5.41 Å². The molecule has 6 nitrogen and oxygen atoms in total. The van der Waals surface area contributed by atoms with E-state index in [0.29, 0.717) is 12.6 Å². The molecule has 0 unspecified atom stereocenters. The fourth-order valence-corrected chi connectivity index (χ4v) is 3.28. The maximum absolute atomic E-state index is 5.84. The van der Waals surface area contributed by atoms with Crippen LogP contribution in [0.15, 0.2) is 30.6 Å². The predicted octanol–water partition coefficient (Wildman–Crippen LogP) is 3.08. The molecule has 0 aliphatic carbocycles. The molecule has 4 rings (SSSR count). The second-order valence-corrected chi connectivity index (χ2v) is 8.07. The monoisotopic (exact) mass is 340 g/mol. The van der Waals surface area contributed by atoms with E-state index >= 15 is 0 Å². The van der Waals surface area contributed by atoms with Crippen molar-refractivity contribution in [3.8, 4) is 17.5 Å². The van der Waals surface area contributed by atoms with E-state index in [9.17, 15) is 0 Å². The average molecular weight is 340 g/mol. The van der Waals surface area contributed by atoms with Gasteiger partial charge in [-0.15, -0.1) is 0 Å². The molecule has 2 aromatic rings. The molecular weight excluding hydrogens is 316 g/mol. The van der Waals surface area contributed by atoms with E-state index in [1.807, 2.05) is 30.6 Å². The quantitative estimate of drug-likeness (QED) is 0.926. The highest BCUT2D eigenvalue weighted by Gasteiger charge is 2.32. The lowest BCUT2D eigenvalue weighted by atomic mass is 9.87. The van der Waals surface area contributed by atoms with Crippen molar-refractivity contribution in [2.75, 3.05) is 24.7 Å². The van der Waals surface area contributed by atoms with Crippen LogP contribution >= 0.6 is 0 Å². The lowest BCUT2D eigenvalue weighted by Crippen LogP contribution is -2.34. The van der Waals surface area contributed by atoms with Crippen LogP contribution in [0.25, 0.3) is 0 Å². The van der Waals surface area contributed by atoms with Gasteiger partial charge in [-0.1, -0.05) is 13.8 Å². The van der Waals surface area contributed by atoms with Crippen LogP contribution in [0.5, 0.6) is 17.5 Å². The minimum atomic E-state index is -0.00499. The van der Waals surface area contributed by atoms with E-state index in [1.54, 1.807) is 0 Å². The van der Waals surface area contributed by atoms with Gasteiger partial charge in [0.25, 0.3) is 0 Å². The smallest absolute Gasteiger partial charge is 0.322 e. The summed E-state index contributed by atoms with van der Waals surface area (Å²) in [7, 11) is 0. The van der Waals surface area contributed by atoms with Crippen LogP contribution in [0.1, 0.15) is 33.3 Å². The van der Waals surface area contributed by atoms with E-state index in [2.05, 4.69) is 47.9 Å². The van der Waals surface area contributed by atoms with Gasteiger partial charge in [-0.2, -0.15) is 0 Å². The Morgan fingerprint density at radius 3 is 2.60 bits per heavy atom. The second-order valence-electron chi connectivity index (χ2n) is 8.07. The van der Waals surface area contributed by atoms with Gasteiger partial charge in [0.2, 0.25) is 0 Å². The molecule has 2 aliphatic heterocycles. The number of benzene rings is 1. The summed E-state index contributed by atoms with van der Waals surface area (Å²) in [4.78, 5) is 10.9. The Bertz CT molecular complexity index is 787. The van der Waals surface area contributed by atoms with Gasteiger partial charge in [0.1, 0.15) is 11.5 Å². The molecule has 3 heterocycles. The topological polar surface area (TPSA) is 59.5 Å². The van der Waals surface area contributed by atoms with Crippen molar-refractivity contribution in [2.45, 2.75) is 38.6 Å². The van der Waals surface area contributed by atoms with Crippen LogP contribution in [0.3, 0.4) is 0 Å². The third-order valence-electron chi connectivity index (χ3n) is 4.79. The summed E-state index contributed by atoms with van der Waals surface area (Å²) in [6.45, 7) is 11.1. The molecule has 0 atom stereocenters. The van der Waals surface area contributed by atoms with Gasteiger partial charge in [-0.25, -0.2) is 9.97 Å². The maximum atomic E-state index is 5.84. The number of fused-ring (bicyclic) bond motifs is 1. The first-order chi connectivity index (χ1) is 11.8. The molecule has 0 radical (unpaired) electrons. The van der Waals surface area contributed by atoms with Crippen molar-refractivity contribution in [1.82, 2.24) is 15.3 Å². The zero-order valence-corrected chi connectivity index (χ0v) is 15.2. The molecule has 6 heteroatoms. The second kappa shape index (κ2) is 5.59. The number of anilines is 1. The van der Waals surface area contributed by atoms with Crippen molar-refractivity contribution in [3.63, 3.8) is 0 Å². The van der Waals surface area contributed by atoms with Gasteiger partial charge < -0.3 is 14.4 Å². The van der Waals surface area contributed by atoms with E-state index in [4.69, 9.17) is 9.47 Å². The maximum Gasteiger partial charge on any atom is 0.322 e. The van der Waals surface area contributed by atoms with Crippen LogP contribution in [-0.4, -0.2) is 35.3 Å². The zero-order valence-electron chi connectivity index (χ0n) is 15.2. The fourth-order valence-electron chi connectivity index (χ4n) is 3.28. The van der Waals surface area contributed by atoms with Gasteiger partial charge >= 0.3 is 6.01 Å². The van der Waals surface area contributed by atoms with Gasteiger partial charge in [0.05, 0.1) is 31.4 Å². The Morgan fingerprint density at radius 1 is 1.16 bits per heavy atom. The first kappa shape index (κ1) is 16.1. The van der Waals surface area contributed by atoms with Crippen molar-refractivity contribution in [1.29, 1.82) is 0 Å². The summed E-state index contributed by atoms with van der Waals surface area (Å²) in [5.74, 6) is 1.66. The van der Waals surface area contributed by atoms with Gasteiger partial charge in [0.15, 0.2) is 0 Å². The summed E-state index contributed by atoms with van der Waals surface area (Å²) in [5.41, 5.74) is 2.25. The van der Waals surface area contributed by atoms with Gasteiger partial charge in [-0.05, 0) is 32.0 Å². The molecule has 1 N–H and O–H groups in total. The fraction of sp³-hybridized carbons (Fsp3) is 0.474. The lowest BCUT2D eigenvalue weighted by Gasteiger charge is -2.19. The summed E-state index contributed by atoms with van der Waals surface area (Å²) in [5, 5.41) is 3.46. The Morgan fingerprint density at radius 2 is 1.92 bits per heavy atom. The summed E-state index contributed by atoms with van der Waals surface area (Å²) in [6, 6.07) is 6.22. The molecule has 0 saturated carbocycles. The highest BCUT2D eigenvalue weighted by atomic mass is 16.5. The molecule has 2 aliphatic rings. The van der Waals surface area contributed by atoms with Crippen molar-refractivity contribution in [3.05, 3.63) is 36.2 Å². The van der Waals surface area contributed by atoms with Crippen LogP contribution < -0.4 is 19.7 Å². The van der Waals surface area contributed by atoms with E-state index < -0.39 is 0 Å². The first-order valence-electron chi connectivity index (χ1n) is 8.60. The van der Waals surface area contributed by atoms with Crippen molar-refractivity contribution < 1.29 is 9.47 Å². The Labute approximate surface area is 148 Å². The number of ether oxygens (including phenoxy) is 2. The SMILES string of the molecule is CC1(C)CN(c2cnc(Oc3ccc4c(c3)C(C)(C)CO4)nc2)CN1. The summed E-state index contributed by atoms with van der Waals surface area (Å²) in [6.07, 6.45) is 3.62. The highest BCUT2D eigenvalue weighted by Crippen LogP contribution is 2.40. The zero-order chi connectivity index (χ0) is 17.7. The molecule has 1 aromatic heterocycles. The van der Waals surface area contributed by atoms with E-state index in [1.165, 1.54) is 0 Å². The molecular formula is C19H24N4O2. The molecule has 0 bridgehead atoms. The normalized spacial score (nSPS) is 20.2. The standard InChI is InChI=1S/C19H24N4O2/c1-18(2)11-24-16-6-5-14(7-15(16)18)25-17-20-8-13(9-21-17)23-10-19(3,4)22-12-23/h5-9,22H,10-12H2,1-4H3. The highest BCUT2D eigenvalue weighted by molar-refractivity contribution is 5.48. The predicted molar refractivity (Wildman–Crippen MR) is 96.5 cm³/mol. The number of nitrogens with zero attached hydrogens (tertiary/aromatic N) is 3. The molecule has 1 fully saturated rings. The first-order valence-corrected chi connectivity index (χ1v) is 8.60. The van der Waals surface area contributed by atoms with Gasteiger partial charge in [-0.3, -0.25) is 5.32 Å². The van der Waals surface area contributed by atoms with Crippen LogP contribution in [0.2, 0.25) is 0 Å². The molecule has 1 saturated heterocycles. The van der Waals surface area contributed by atoms with Crippen molar-refractivity contribution >= 4 is 5.69 Å². The van der Waals surface area contributed by atoms with E-state index in [-0.39, 0.29) is 11.0 Å². The number of hydrogen-bond acceptors (Lipinski definition) is 6. The third-order valence-corrected chi connectivity index (χ3v) is 4.79. The Hall–Kier alpha value is -2.34. The van der Waals surface area contributed by atoms with E-state index in [0.717, 1.165) is 36.0 Å².